The van der Waals surface area contributed by atoms with E-state index in [9.17, 15) is 9.90 Å². The Kier molecular flexibility index (Phi) is 5.61. The lowest BCUT2D eigenvalue weighted by Gasteiger charge is -2.43. The minimum Gasteiger partial charge on any atom is -0.476 e. The van der Waals surface area contributed by atoms with Crippen molar-refractivity contribution in [2.75, 3.05) is 39.4 Å². The van der Waals surface area contributed by atoms with Crippen molar-refractivity contribution in [3.63, 3.8) is 0 Å². The predicted molar refractivity (Wildman–Crippen MR) is 102 cm³/mol. The Morgan fingerprint density at radius 1 is 1.15 bits per heavy atom. The Balaban J connectivity index is 1.41. The molecule has 2 fully saturated rings. The van der Waals surface area contributed by atoms with Crippen molar-refractivity contribution in [3.8, 4) is 0 Å². The lowest BCUT2D eigenvalue weighted by molar-refractivity contribution is -0.00398. The van der Waals surface area contributed by atoms with Gasteiger partial charge < -0.3 is 9.84 Å². The number of carboxylic acids is 1. The number of carbonyl (C=O) groups is 1. The molecule has 3 heterocycles. The van der Waals surface area contributed by atoms with Crippen LogP contribution in [0.4, 0.5) is 0 Å². The van der Waals surface area contributed by atoms with E-state index in [1.807, 2.05) is 4.68 Å². The van der Waals surface area contributed by atoms with Crippen molar-refractivity contribution in [1.82, 2.24) is 19.6 Å². The molecule has 1 unspecified atom stereocenters. The molecule has 0 radical (unpaired) electrons. The average molecular weight is 374 g/mol. The maximum atomic E-state index is 11.7. The number of carboxylic acid groups (broad SMARTS) is 1. The summed E-state index contributed by atoms with van der Waals surface area (Å²) in [7, 11) is 0. The van der Waals surface area contributed by atoms with Crippen LogP contribution in [0.15, 0.2) is 12.7 Å². The molecule has 27 heavy (non-hydrogen) atoms. The normalized spacial score (nSPS) is 25.3. The van der Waals surface area contributed by atoms with E-state index in [-0.39, 0.29) is 5.69 Å². The number of aromatic nitrogens is 2. The summed E-state index contributed by atoms with van der Waals surface area (Å²) in [6.45, 7) is 10.4. The summed E-state index contributed by atoms with van der Waals surface area (Å²) in [6.07, 6.45) is 6.96. The van der Waals surface area contributed by atoms with Crippen LogP contribution in [0.2, 0.25) is 0 Å². The van der Waals surface area contributed by atoms with Crippen LogP contribution < -0.4 is 0 Å². The van der Waals surface area contributed by atoms with Gasteiger partial charge >= 0.3 is 5.97 Å². The van der Waals surface area contributed by atoms with Crippen molar-refractivity contribution >= 4 is 5.97 Å². The van der Waals surface area contributed by atoms with Crippen LogP contribution in [0.3, 0.4) is 0 Å². The van der Waals surface area contributed by atoms with Gasteiger partial charge in [-0.05, 0) is 45.2 Å². The number of nitrogens with zero attached hydrogens (tertiary/aromatic N) is 4. The molecule has 148 valence electrons. The van der Waals surface area contributed by atoms with Crippen LogP contribution >= 0.6 is 0 Å². The number of aromatic carboxylic acids is 1. The Hall–Kier alpha value is -1.70. The van der Waals surface area contributed by atoms with Crippen molar-refractivity contribution in [2.24, 2.45) is 0 Å². The largest absolute Gasteiger partial charge is 0.476 e. The number of piperidine rings is 1. The van der Waals surface area contributed by atoms with Crippen molar-refractivity contribution in [3.05, 3.63) is 29.6 Å². The highest BCUT2D eigenvalue weighted by atomic mass is 16.5. The molecule has 0 spiro atoms. The highest BCUT2D eigenvalue weighted by molar-refractivity contribution is 5.87. The second-order valence-electron chi connectivity index (χ2n) is 7.86. The number of hydrogen-bond acceptors (Lipinski definition) is 5. The molecule has 0 bridgehead atoms. The topological polar surface area (TPSA) is 70.8 Å². The SMILES string of the molecule is C=CCn1nc(C(=O)O)c2c1CCC(N1CCC(N3CCOCC3)CC1)C2. The maximum Gasteiger partial charge on any atom is 0.356 e. The molecule has 0 saturated carbocycles. The van der Waals surface area contributed by atoms with E-state index in [2.05, 4.69) is 21.5 Å². The Morgan fingerprint density at radius 3 is 2.52 bits per heavy atom. The molecule has 2 aliphatic heterocycles. The van der Waals surface area contributed by atoms with Crippen LogP contribution in [-0.2, 0) is 24.1 Å². The highest BCUT2D eigenvalue weighted by Gasteiger charge is 2.34. The third kappa shape index (κ3) is 3.81. The lowest BCUT2D eigenvalue weighted by Crippen LogP contribution is -2.51. The minimum atomic E-state index is -0.916. The summed E-state index contributed by atoms with van der Waals surface area (Å²) >= 11 is 0. The van der Waals surface area contributed by atoms with Gasteiger partial charge in [0.25, 0.3) is 0 Å². The van der Waals surface area contributed by atoms with Crippen molar-refractivity contribution in [1.29, 1.82) is 0 Å². The van der Waals surface area contributed by atoms with Crippen molar-refractivity contribution < 1.29 is 14.6 Å². The molecule has 3 aliphatic rings. The van der Waals surface area contributed by atoms with Gasteiger partial charge in [-0.1, -0.05) is 6.08 Å². The minimum absolute atomic E-state index is 0.236. The Labute approximate surface area is 160 Å². The van der Waals surface area contributed by atoms with Gasteiger partial charge in [0.2, 0.25) is 0 Å². The quantitative estimate of drug-likeness (QED) is 0.786. The lowest BCUT2D eigenvalue weighted by atomic mass is 9.88. The van der Waals surface area contributed by atoms with E-state index in [1.165, 1.54) is 12.8 Å². The van der Waals surface area contributed by atoms with Crippen LogP contribution in [0, 0.1) is 0 Å². The van der Waals surface area contributed by atoms with Gasteiger partial charge in [-0.2, -0.15) is 5.10 Å². The van der Waals surface area contributed by atoms with Crippen LogP contribution in [0.5, 0.6) is 0 Å². The van der Waals surface area contributed by atoms with Gasteiger partial charge in [-0.25, -0.2) is 4.79 Å². The maximum absolute atomic E-state index is 11.7. The molecule has 1 atom stereocenters. The van der Waals surface area contributed by atoms with Crippen LogP contribution in [0.25, 0.3) is 0 Å². The summed E-state index contributed by atoms with van der Waals surface area (Å²) in [5.41, 5.74) is 2.27. The molecular weight excluding hydrogens is 344 g/mol. The van der Waals surface area contributed by atoms with Gasteiger partial charge in [0.1, 0.15) is 0 Å². The number of ether oxygens (including phenoxy) is 1. The summed E-state index contributed by atoms with van der Waals surface area (Å²) in [6, 6.07) is 1.11. The molecule has 0 aromatic carbocycles. The summed E-state index contributed by atoms with van der Waals surface area (Å²) in [4.78, 5) is 16.8. The van der Waals surface area contributed by atoms with Gasteiger partial charge in [0.15, 0.2) is 5.69 Å². The van der Waals surface area contributed by atoms with Crippen molar-refractivity contribution in [2.45, 2.75) is 50.7 Å². The number of morpholine rings is 1. The number of likely N-dealkylation sites (tertiary alicyclic amines) is 1. The smallest absolute Gasteiger partial charge is 0.356 e. The second kappa shape index (κ2) is 8.12. The van der Waals surface area contributed by atoms with E-state index in [4.69, 9.17) is 4.74 Å². The standard InChI is InChI=1S/C20H30N4O3/c1-2-7-24-18-4-3-16(14-17(18)19(21-24)20(25)26)22-8-5-15(6-9-22)23-10-12-27-13-11-23/h2,15-16H,1,3-14H2,(H,25,26). The molecule has 1 aromatic heterocycles. The molecule has 2 saturated heterocycles. The fraction of sp³-hybridized carbons (Fsp3) is 0.700. The van der Waals surface area contributed by atoms with E-state index in [0.29, 0.717) is 18.6 Å². The number of hydrogen-bond donors (Lipinski definition) is 1. The molecule has 1 aromatic rings. The molecule has 1 N–H and O–H groups in total. The second-order valence-corrected chi connectivity index (χ2v) is 7.86. The van der Waals surface area contributed by atoms with E-state index >= 15 is 0 Å². The molecule has 0 amide bonds. The van der Waals surface area contributed by atoms with E-state index in [1.54, 1.807) is 6.08 Å². The molecule has 7 heteroatoms. The zero-order valence-electron chi connectivity index (χ0n) is 16.0. The molecular formula is C20H30N4O3. The van der Waals surface area contributed by atoms with Gasteiger partial charge in [-0.15, -0.1) is 6.58 Å². The van der Waals surface area contributed by atoms with Gasteiger partial charge in [0, 0.05) is 36.4 Å². The zero-order chi connectivity index (χ0) is 18.8. The molecule has 7 nitrogen and oxygen atoms in total. The highest BCUT2D eigenvalue weighted by Crippen LogP contribution is 2.30. The zero-order valence-corrected chi connectivity index (χ0v) is 16.0. The Morgan fingerprint density at radius 2 is 1.85 bits per heavy atom. The number of rotatable bonds is 5. The first-order valence-electron chi connectivity index (χ1n) is 10.2. The van der Waals surface area contributed by atoms with Gasteiger partial charge in [0.05, 0.1) is 19.8 Å². The summed E-state index contributed by atoms with van der Waals surface area (Å²) in [5.74, 6) is -0.916. The first-order valence-corrected chi connectivity index (χ1v) is 10.2. The van der Waals surface area contributed by atoms with Crippen LogP contribution in [-0.4, -0.2) is 82.1 Å². The van der Waals surface area contributed by atoms with E-state index < -0.39 is 5.97 Å². The van der Waals surface area contributed by atoms with E-state index in [0.717, 1.165) is 69.9 Å². The first kappa shape index (κ1) is 18.7. The van der Waals surface area contributed by atoms with Crippen LogP contribution in [0.1, 0.15) is 41.0 Å². The third-order valence-electron chi connectivity index (χ3n) is 6.40. The monoisotopic (exact) mass is 374 g/mol. The number of fused-ring (bicyclic) bond motifs is 1. The number of allylic oxidation sites excluding steroid dienone is 1. The third-order valence-corrected chi connectivity index (χ3v) is 6.40. The predicted octanol–water partition coefficient (Wildman–Crippen LogP) is 1.42. The summed E-state index contributed by atoms with van der Waals surface area (Å²) in [5, 5.41) is 13.9. The average Bonchev–Trinajstić information content (AvgIpc) is 3.07. The molecule has 1 aliphatic carbocycles. The van der Waals surface area contributed by atoms with Gasteiger partial charge in [-0.3, -0.25) is 14.5 Å². The fourth-order valence-electron chi connectivity index (χ4n) is 4.98. The summed E-state index contributed by atoms with van der Waals surface area (Å²) < 4.78 is 7.30. The Bertz CT molecular complexity index is 688. The molecule has 4 rings (SSSR count). The fourth-order valence-corrected chi connectivity index (χ4v) is 4.98. The first-order chi connectivity index (χ1) is 13.2.